The van der Waals surface area contributed by atoms with E-state index < -0.39 is 18.5 Å². The van der Waals surface area contributed by atoms with Gasteiger partial charge in [0.1, 0.15) is 12.7 Å². The molecular weight excluding hydrogens is 156 g/mol. The van der Waals surface area contributed by atoms with Crippen molar-refractivity contribution < 1.29 is 15.0 Å². The third kappa shape index (κ3) is 3.83. The Labute approximate surface area is 73.4 Å². The monoisotopic (exact) mass is 173 g/mol. The van der Waals surface area contributed by atoms with E-state index in [-0.39, 0.29) is 5.92 Å². The first-order valence-electron chi connectivity index (χ1n) is 4.13. The highest BCUT2D eigenvalue weighted by Crippen LogP contribution is 2.14. The summed E-state index contributed by atoms with van der Waals surface area (Å²) in [5.41, 5.74) is 0. The van der Waals surface area contributed by atoms with Gasteiger partial charge in [0, 0.05) is 0 Å². The van der Waals surface area contributed by atoms with Crippen LogP contribution in [0.25, 0.3) is 0 Å². The van der Waals surface area contributed by atoms with Crippen molar-refractivity contribution in [2.45, 2.75) is 26.4 Å². The zero-order chi connectivity index (χ0) is 9.72. The number of aliphatic hydroxyl groups excluding tert-OH is 2. The SMILES string of the molecule is [CH2]C(CC(C)C)C(O)C(=O)CO. The molecule has 0 aliphatic rings. The second-order valence-electron chi connectivity index (χ2n) is 3.46. The van der Waals surface area contributed by atoms with Crippen molar-refractivity contribution in [1.82, 2.24) is 0 Å². The standard InChI is InChI=1S/C9H17O3/c1-6(2)4-7(3)9(12)8(11)5-10/h6-7,9-10,12H,3-5H2,1-2H3. The van der Waals surface area contributed by atoms with Crippen molar-refractivity contribution in [3.63, 3.8) is 0 Å². The summed E-state index contributed by atoms with van der Waals surface area (Å²) in [6.45, 7) is 7.05. The molecule has 0 aromatic rings. The molecule has 0 aliphatic heterocycles. The molecule has 0 heterocycles. The second kappa shape index (κ2) is 5.27. The predicted octanol–water partition coefficient (Wildman–Crippen LogP) is 0.405. The van der Waals surface area contributed by atoms with Crippen molar-refractivity contribution in [2.75, 3.05) is 6.61 Å². The fourth-order valence-electron chi connectivity index (χ4n) is 1.09. The van der Waals surface area contributed by atoms with E-state index in [2.05, 4.69) is 6.92 Å². The third-order valence-corrected chi connectivity index (χ3v) is 1.71. The van der Waals surface area contributed by atoms with Crippen molar-refractivity contribution >= 4 is 5.78 Å². The van der Waals surface area contributed by atoms with Crippen molar-refractivity contribution in [3.8, 4) is 0 Å². The summed E-state index contributed by atoms with van der Waals surface area (Å²) in [4.78, 5) is 10.8. The number of aliphatic hydroxyl groups is 2. The lowest BCUT2D eigenvalue weighted by Crippen LogP contribution is -2.31. The van der Waals surface area contributed by atoms with Crippen LogP contribution in [0.4, 0.5) is 0 Å². The first-order valence-corrected chi connectivity index (χ1v) is 4.13. The third-order valence-electron chi connectivity index (χ3n) is 1.71. The minimum atomic E-state index is -1.11. The van der Waals surface area contributed by atoms with Gasteiger partial charge < -0.3 is 10.2 Å². The van der Waals surface area contributed by atoms with Gasteiger partial charge in [-0.1, -0.05) is 13.8 Å². The van der Waals surface area contributed by atoms with Crippen LogP contribution < -0.4 is 0 Å². The predicted molar refractivity (Wildman–Crippen MR) is 46.4 cm³/mol. The van der Waals surface area contributed by atoms with E-state index in [1.165, 1.54) is 0 Å². The molecule has 0 fully saturated rings. The highest BCUT2D eigenvalue weighted by atomic mass is 16.3. The van der Waals surface area contributed by atoms with Crippen molar-refractivity contribution in [3.05, 3.63) is 6.92 Å². The lowest BCUT2D eigenvalue weighted by molar-refractivity contribution is -0.132. The lowest BCUT2D eigenvalue weighted by Gasteiger charge is -2.18. The molecule has 0 aliphatic carbocycles. The minimum absolute atomic E-state index is 0.315. The van der Waals surface area contributed by atoms with Gasteiger partial charge in [-0.3, -0.25) is 4.79 Å². The van der Waals surface area contributed by atoms with E-state index in [0.29, 0.717) is 12.3 Å². The molecular formula is C9H17O3. The average molecular weight is 173 g/mol. The molecule has 2 N–H and O–H groups in total. The molecule has 2 unspecified atom stereocenters. The number of rotatable bonds is 5. The lowest BCUT2D eigenvalue weighted by atomic mass is 9.92. The highest BCUT2D eigenvalue weighted by molar-refractivity contribution is 5.84. The summed E-state index contributed by atoms with van der Waals surface area (Å²) in [6, 6.07) is 0. The molecule has 71 valence electrons. The molecule has 0 aromatic heterocycles. The average Bonchev–Trinajstić information content (AvgIpc) is 2.00. The van der Waals surface area contributed by atoms with Gasteiger partial charge in [-0.15, -0.1) is 0 Å². The number of hydrogen-bond acceptors (Lipinski definition) is 3. The molecule has 0 saturated heterocycles. The van der Waals surface area contributed by atoms with Gasteiger partial charge in [-0.2, -0.15) is 0 Å². The van der Waals surface area contributed by atoms with Crippen molar-refractivity contribution in [1.29, 1.82) is 0 Å². The minimum Gasteiger partial charge on any atom is -0.388 e. The van der Waals surface area contributed by atoms with E-state index in [4.69, 9.17) is 5.11 Å². The van der Waals surface area contributed by atoms with E-state index >= 15 is 0 Å². The molecule has 0 rings (SSSR count). The van der Waals surface area contributed by atoms with Crippen LogP contribution in [0, 0.1) is 18.8 Å². The van der Waals surface area contributed by atoms with Gasteiger partial charge in [0.05, 0.1) is 0 Å². The summed E-state index contributed by atoms with van der Waals surface area (Å²) < 4.78 is 0. The Hall–Kier alpha value is -0.410. The fraction of sp³-hybridized carbons (Fsp3) is 0.778. The van der Waals surface area contributed by atoms with E-state index in [1.54, 1.807) is 0 Å². The number of Topliss-reactive ketones (excluding diaryl/α,β-unsaturated/α-hetero) is 1. The van der Waals surface area contributed by atoms with Crippen LogP contribution in [0.1, 0.15) is 20.3 Å². The summed E-state index contributed by atoms with van der Waals surface area (Å²) in [6.07, 6.45) is -0.426. The molecule has 1 radical (unpaired) electrons. The van der Waals surface area contributed by atoms with Crippen LogP contribution in [0.15, 0.2) is 0 Å². The Kier molecular flexibility index (Phi) is 5.09. The van der Waals surface area contributed by atoms with Gasteiger partial charge >= 0.3 is 0 Å². The van der Waals surface area contributed by atoms with Crippen molar-refractivity contribution in [2.24, 2.45) is 11.8 Å². The van der Waals surface area contributed by atoms with Crippen LogP contribution in [-0.2, 0) is 4.79 Å². The Bertz CT molecular complexity index is 143. The number of ketones is 1. The Morgan fingerprint density at radius 2 is 2.00 bits per heavy atom. The second-order valence-corrected chi connectivity index (χ2v) is 3.46. The van der Waals surface area contributed by atoms with Gasteiger partial charge in [-0.25, -0.2) is 0 Å². The fourth-order valence-corrected chi connectivity index (χ4v) is 1.09. The zero-order valence-corrected chi connectivity index (χ0v) is 7.66. The summed E-state index contributed by atoms with van der Waals surface area (Å²) in [7, 11) is 0. The highest BCUT2D eigenvalue weighted by Gasteiger charge is 2.21. The molecule has 0 aromatic carbocycles. The van der Waals surface area contributed by atoms with Crippen LogP contribution in [0.5, 0.6) is 0 Å². The summed E-state index contributed by atoms with van der Waals surface area (Å²) >= 11 is 0. The number of hydrogen-bond donors (Lipinski definition) is 2. The topological polar surface area (TPSA) is 57.5 Å². The smallest absolute Gasteiger partial charge is 0.186 e. The van der Waals surface area contributed by atoms with Crippen LogP contribution in [0.3, 0.4) is 0 Å². The molecule has 3 heteroatoms. The first-order chi connectivity index (χ1) is 5.49. The van der Waals surface area contributed by atoms with E-state index in [0.717, 1.165) is 0 Å². The molecule has 12 heavy (non-hydrogen) atoms. The zero-order valence-electron chi connectivity index (χ0n) is 7.66. The summed E-state index contributed by atoms with van der Waals surface area (Å²) in [5, 5.41) is 17.7. The number of carbonyl (C=O) groups excluding carboxylic acids is 1. The molecule has 0 bridgehead atoms. The van der Waals surface area contributed by atoms with E-state index in [9.17, 15) is 9.90 Å². The largest absolute Gasteiger partial charge is 0.388 e. The maximum Gasteiger partial charge on any atom is 0.186 e. The van der Waals surface area contributed by atoms with Crippen LogP contribution >= 0.6 is 0 Å². The molecule has 3 nitrogen and oxygen atoms in total. The van der Waals surface area contributed by atoms with E-state index in [1.807, 2.05) is 13.8 Å². The van der Waals surface area contributed by atoms with Gasteiger partial charge in [-0.05, 0) is 25.2 Å². The quantitative estimate of drug-likeness (QED) is 0.633. The Morgan fingerprint density at radius 3 is 2.33 bits per heavy atom. The molecule has 0 saturated carbocycles. The summed E-state index contributed by atoms with van der Waals surface area (Å²) in [5.74, 6) is -0.464. The molecule has 0 spiro atoms. The Balaban J connectivity index is 3.91. The Morgan fingerprint density at radius 1 is 1.50 bits per heavy atom. The van der Waals surface area contributed by atoms with Gasteiger partial charge in [0.25, 0.3) is 0 Å². The molecule has 2 atom stereocenters. The van der Waals surface area contributed by atoms with Gasteiger partial charge in [0.2, 0.25) is 0 Å². The van der Waals surface area contributed by atoms with Crippen LogP contribution in [-0.4, -0.2) is 28.7 Å². The van der Waals surface area contributed by atoms with Crippen LogP contribution in [0.2, 0.25) is 0 Å². The maximum atomic E-state index is 10.8. The number of carbonyl (C=O) groups is 1. The van der Waals surface area contributed by atoms with Gasteiger partial charge in [0.15, 0.2) is 5.78 Å². The molecule has 0 amide bonds. The maximum absolute atomic E-state index is 10.8. The normalized spacial score (nSPS) is 16.2. The first kappa shape index (κ1) is 11.6.